The van der Waals surface area contributed by atoms with Crippen LogP contribution in [0, 0.1) is 5.41 Å². The summed E-state index contributed by atoms with van der Waals surface area (Å²) in [6.45, 7) is -0.468. The van der Waals surface area contributed by atoms with Gasteiger partial charge in [-0.2, -0.15) is 0 Å². The highest BCUT2D eigenvalue weighted by molar-refractivity contribution is 6.31. The van der Waals surface area contributed by atoms with E-state index in [1.807, 2.05) is 24.3 Å². The third-order valence-corrected chi connectivity index (χ3v) is 5.41. The molecule has 0 aromatic heterocycles. The third kappa shape index (κ3) is 4.43. The molecule has 0 radical (unpaired) electrons. The topological polar surface area (TPSA) is 114 Å². The van der Waals surface area contributed by atoms with Gasteiger partial charge in [-0.25, -0.2) is 0 Å². The Balaban J connectivity index is 1.83. The van der Waals surface area contributed by atoms with Crippen LogP contribution in [0.15, 0.2) is 42.5 Å². The number of hydrogen-bond donors (Lipinski definition) is 5. The van der Waals surface area contributed by atoms with Gasteiger partial charge in [-0.3, -0.25) is 0 Å². The lowest BCUT2D eigenvalue weighted by atomic mass is 9.90. The maximum Gasteiger partial charge on any atom is 0.113 e. The number of hydrogen-bond acceptors (Lipinski definition) is 6. The Kier molecular flexibility index (Phi) is 6.82. The number of nitrogens with one attached hydrogen (secondary N) is 1. The standard InChI is InChI=1S/C21H24ClNO5/c22-16-6-5-14(21-20(27)19(26)18(25)17(11-24)28-21)10-15(16)9-13-3-1-12(2-4-13)7-8-23/h1-6,8,10,17-21,23-27H,7,9,11H2/t17-,18-,19+,20-,21+/m1/s1. The zero-order valence-electron chi connectivity index (χ0n) is 15.2. The molecule has 0 spiro atoms. The zero-order chi connectivity index (χ0) is 20.3. The SMILES string of the molecule is N=CCc1ccc(Cc2cc([C@@H]3O[C@H](CO)[C@@H](O)[C@H](O)[C@H]3O)ccc2Cl)cc1. The number of rotatable bonds is 6. The van der Waals surface area contributed by atoms with E-state index in [1.165, 1.54) is 6.21 Å². The van der Waals surface area contributed by atoms with Gasteiger partial charge in [0.05, 0.1) is 6.61 Å². The van der Waals surface area contributed by atoms with Crippen LogP contribution >= 0.6 is 11.6 Å². The zero-order valence-corrected chi connectivity index (χ0v) is 16.0. The van der Waals surface area contributed by atoms with Gasteiger partial charge in [0, 0.05) is 11.4 Å². The lowest BCUT2D eigenvalue weighted by molar-refractivity contribution is -0.231. The first-order chi connectivity index (χ1) is 13.4. The van der Waals surface area contributed by atoms with Crippen molar-refractivity contribution in [1.82, 2.24) is 0 Å². The van der Waals surface area contributed by atoms with Crippen molar-refractivity contribution in [3.05, 3.63) is 69.7 Å². The molecule has 3 rings (SSSR count). The largest absolute Gasteiger partial charge is 0.394 e. The van der Waals surface area contributed by atoms with Gasteiger partial charge in [-0.1, -0.05) is 48.0 Å². The van der Waals surface area contributed by atoms with Crippen molar-refractivity contribution < 1.29 is 25.2 Å². The minimum absolute atomic E-state index is 0.468. The first-order valence-corrected chi connectivity index (χ1v) is 9.48. The molecule has 2 aromatic rings. The second kappa shape index (κ2) is 9.13. The van der Waals surface area contributed by atoms with Crippen LogP contribution in [0.25, 0.3) is 0 Å². The van der Waals surface area contributed by atoms with Gasteiger partial charge in [-0.05, 0) is 41.0 Å². The highest BCUT2D eigenvalue weighted by atomic mass is 35.5. The Morgan fingerprint density at radius 2 is 1.64 bits per heavy atom. The number of aliphatic hydroxyl groups excluding tert-OH is 4. The third-order valence-electron chi connectivity index (χ3n) is 5.05. The highest BCUT2D eigenvalue weighted by Gasteiger charge is 2.43. The molecule has 0 saturated carbocycles. The molecule has 5 N–H and O–H groups in total. The van der Waals surface area contributed by atoms with E-state index < -0.39 is 37.1 Å². The van der Waals surface area contributed by atoms with E-state index in [0.717, 1.165) is 16.7 Å². The van der Waals surface area contributed by atoms with E-state index in [9.17, 15) is 20.4 Å². The maximum atomic E-state index is 10.3. The second-order valence-electron chi connectivity index (χ2n) is 7.00. The van der Waals surface area contributed by atoms with Crippen molar-refractivity contribution >= 4 is 17.8 Å². The normalized spacial score (nSPS) is 27.5. The lowest BCUT2D eigenvalue weighted by Gasteiger charge is -2.40. The van der Waals surface area contributed by atoms with E-state index in [2.05, 4.69) is 0 Å². The Hall–Kier alpha value is -1.80. The Morgan fingerprint density at radius 3 is 2.29 bits per heavy atom. The van der Waals surface area contributed by atoms with Crippen molar-refractivity contribution in [3.8, 4) is 0 Å². The van der Waals surface area contributed by atoms with Crippen LogP contribution in [0.3, 0.4) is 0 Å². The number of halogens is 1. The van der Waals surface area contributed by atoms with Crippen LogP contribution < -0.4 is 0 Å². The van der Waals surface area contributed by atoms with Crippen LogP contribution in [0.4, 0.5) is 0 Å². The smallest absolute Gasteiger partial charge is 0.113 e. The Morgan fingerprint density at radius 1 is 0.964 bits per heavy atom. The summed E-state index contributed by atoms with van der Waals surface area (Å²) in [5.74, 6) is 0. The van der Waals surface area contributed by atoms with Crippen LogP contribution in [0.2, 0.25) is 5.02 Å². The average molecular weight is 406 g/mol. The maximum absolute atomic E-state index is 10.3. The van der Waals surface area contributed by atoms with Crippen LogP contribution in [0.1, 0.15) is 28.4 Å². The summed E-state index contributed by atoms with van der Waals surface area (Å²) < 4.78 is 5.63. The predicted molar refractivity (Wildman–Crippen MR) is 106 cm³/mol. The summed E-state index contributed by atoms with van der Waals surface area (Å²) in [4.78, 5) is 0. The monoisotopic (exact) mass is 405 g/mol. The average Bonchev–Trinajstić information content (AvgIpc) is 2.70. The van der Waals surface area contributed by atoms with Crippen LogP contribution in [-0.2, 0) is 17.6 Å². The van der Waals surface area contributed by atoms with Crippen molar-refractivity contribution in [1.29, 1.82) is 5.41 Å². The molecule has 1 saturated heterocycles. The molecule has 0 amide bonds. The molecule has 0 aliphatic carbocycles. The summed E-state index contributed by atoms with van der Waals surface area (Å²) >= 11 is 6.35. The van der Waals surface area contributed by atoms with Crippen LogP contribution in [0.5, 0.6) is 0 Å². The van der Waals surface area contributed by atoms with Crippen molar-refractivity contribution in [3.63, 3.8) is 0 Å². The van der Waals surface area contributed by atoms with Crippen LogP contribution in [-0.4, -0.2) is 57.7 Å². The fourth-order valence-electron chi connectivity index (χ4n) is 3.42. The summed E-state index contributed by atoms with van der Waals surface area (Å²) in [6, 6.07) is 13.1. The Bertz CT molecular complexity index is 811. The van der Waals surface area contributed by atoms with Gasteiger partial charge < -0.3 is 30.6 Å². The summed E-state index contributed by atoms with van der Waals surface area (Å²) in [5, 5.41) is 47.4. The molecule has 2 aromatic carbocycles. The molecule has 28 heavy (non-hydrogen) atoms. The molecule has 7 heteroatoms. The quantitative estimate of drug-likeness (QED) is 0.469. The number of ether oxygens (including phenoxy) is 1. The first-order valence-electron chi connectivity index (χ1n) is 9.10. The molecule has 0 bridgehead atoms. The Labute approximate surface area is 168 Å². The fraction of sp³-hybridized carbons (Fsp3) is 0.381. The van der Waals surface area contributed by atoms with E-state index in [0.29, 0.717) is 23.4 Å². The van der Waals surface area contributed by atoms with Gasteiger partial charge in [0.25, 0.3) is 0 Å². The molecule has 5 atom stereocenters. The van der Waals surface area contributed by atoms with Crippen molar-refractivity contribution in [2.24, 2.45) is 0 Å². The van der Waals surface area contributed by atoms with E-state index in [-0.39, 0.29) is 0 Å². The minimum atomic E-state index is -1.42. The molecule has 1 heterocycles. The molecule has 150 valence electrons. The predicted octanol–water partition coefficient (Wildman–Crippen LogP) is 1.64. The fourth-order valence-corrected chi connectivity index (χ4v) is 3.60. The molecule has 0 unspecified atom stereocenters. The number of aliphatic hydroxyl groups is 4. The second-order valence-corrected chi connectivity index (χ2v) is 7.41. The van der Waals surface area contributed by atoms with Gasteiger partial charge in [0.15, 0.2) is 0 Å². The van der Waals surface area contributed by atoms with E-state index in [1.54, 1.807) is 18.2 Å². The molecule has 1 fully saturated rings. The van der Waals surface area contributed by atoms with E-state index >= 15 is 0 Å². The van der Waals surface area contributed by atoms with Gasteiger partial charge in [0.2, 0.25) is 0 Å². The van der Waals surface area contributed by atoms with Gasteiger partial charge in [-0.15, -0.1) is 0 Å². The van der Waals surface area contributed by atoms with E-state index in [4.69, 9.17) is 21.7 Å². The van der Waals surface area contributed by atoms with Gasteiger partial charge >= 0.3 is 0 Å². The molecule has 1 aliphatic rings. The molecule has 6 nitrogen and oxygen atoms in total. The summed E-state index contributed by atoms with van der Waals surface area (Å²) in [5.41, 5.74) is 3.54. The minimum Gasteiger partial charge on any atom is -0.394 e. The molecule has 1 aliphatic heterocycles. The molecular formula is C21H24ClNO5. The molecular weight excluding hydrogens is 382 g/mol. The summed E-state index contributed by atoms with van der Waals surface area (Å²) in [7, 11) is 0. The number of benzene rings is 2. The highest BCUT2D eigenvalue weighted by Crippen LogP contribution is 2.34. The van der Waals surface area contributed by atoms with Crippen molar-refractivity contribution in [2.45, 2.75) is 43.4 Å². The lowest BCUT2D eigenvalue weighted by Crippen LogP contribution is -2.55. The van der Waals surface area contributed by atoms with Crippen molar-refractivity contribution in [2.75, 3.05) is 6.61 Å². The van der Waals surface area contributed by atoms with Gasteiger partial charge in [0.1, 0.15) is 30.5 Å². The first kappa shape index (κ1) is 20.9. The summed E-state index contributed by atoms with van der Waals surface area (Å²) in [6.07, 6.45) is -3.46.